The zero-order valence-electron chi connectivity index (χ0n) is 50.3. The van der Waals surface area contributed by atoms with Crippen molar-refractivity contribution >= 4 is 65.1 Å². The molecular weight excluding hydrogens is 1110 g/mol. The SMILES string of the molecule is CC(=O)O[C@@H](C)/C=C\C(=O)N[C@@H]1C[C@H](C)[C@H](C/C=C(C)/C=C/[C@H]2O[C@H](CC(=O)NC3CC(NC(=O)OCc4ccc(N(C(=O)[C@@H](NC(=O)CCCCCN5C(=O)C=CC5=O)C(C)C)[C@@H](CCCNC(N)=O)C(N)=O)cc4)C3)C[C@@]3(CO3)[C@@H]2O)O[C@@H]1C. The van der Waals surface area contributed by atoms with Gasteiger partial charge in [0.15, 0.2) is 0 Å². The van der Waals surface area contributed by atoms with Gasteiger partial charge in [0.2, 0.25) is 23.6 Å². The highest BCUT2D eigenvalue weighted by atomic mass is 16.6. The number of aliphatic hydroxyl groups excluding tert-OH is 1. The fourth-order valence-electron chi connectivity index (χ4n) is 11.0. The van der Waals surface area contributed by atoms with Crippen LogP contribution < -0.4 is 43.0 Å². The van der Waals surface area contributed by atoms with Crippen LogP contribution in [0.3, 0.4) is 0 Å². The Morgan fingerprint density at radius 3 is 2.20 bits per heavy atom. The number of hydrogen-bond acceptors (Lipinski definition) is 16. The Morgan fingerprint density at radius 2 is 1.56 bits per heavy atom. The topological polar surface area (TPSA) is 359 Å². The Kier molecular flexibility index (Phi) is 25.0. The van der Waals surface area contributed by atoms with Gasteiger partial charge in [-0.25, -0.2) is 9.59 Å². The fraction of sp³-hybridized carbons (Fsp3) is 0.607. The number of aliphatic hydroxyl groups is 1. The number of hydrogen-bond donors (Lipinski definition) is 8. The Morgan fingerprint density at radius 1 is 0.872 bits per heavy atom. The minimum Gasteiger partial charge on any atom is -0.459 e. The number of alkyl carbamates (subject to hydrolysis) is 1. The first-order valence-electron chi connectivity index (χ1n) is 29.7. The summed E-state index contributed by atoms with van der Waals surface area (Å²) in [5.41, 5.74) is 12.1. The van der Waals surface area contributed by atoms with Gasteiger partial charge in [0.1, 0.15) is 42.6 Å². The van der Waals surface area contributed by atoms with Crippen molar-refractivity contribution in [3.05, 3.63) is 77.9 Å². The molecule has 4 fully saturated rings. The highest BCUT2D eigenvalue weighted by Gasteiger charge is 2.58. The smallest absolute Gasteiger partial charge is 0.407 e. The number of anilines is 1. The van der Waals surface area contributed by atoms with Crippen LogP contribution in [0.5, 0.6) is 0 Å². The maximum Gasteiger partial charge on any atom is 0.407 e. The minimum absolute atomic E-state index is 0.0390. The predicted molar refractivity (Wildman–Crippen MR) is 314 cm³/mol. The molecule has 0 radical (unpaired) electrons. The standard InChI is InChI=1S/C61H87N9O16/c1-35(2)55(68-50(72)13-9-8-10-27-69-53(75)24-25-54(69)76)58(79)70(47(57(62)78)12-11-26-64-59(63)80)44-19-17-41(18-20-44)33-82-60(81)66-43-29-42(30-43)65-52(74)31-45-32-61(34-83-61)56(77)49(86-45)22-15-36(3)14-21-48-37(4)28-46(39(6)85-48)67-51(73)23-16-38(5)84-40(7)71/h14-20,22-25,35,37-39,42-43,45-49,55-56,77H,8-13,21,26-34H2,1-7H3,(H2,62,78)(H,65,74)(H,66,81)(H,67,73)(H,68,72)(H3,63,64,80)/b22-15+,23-16-,36-14+/t37-,38-,39+,42?,43?,45+,46+,47-,48-,49+,55-,56+,61+/m0/s1. The van der Waals surface area contributed by atoms with Crippen LogP contribution in [0.25, 0.3) is 0 Å². The van der Waals surface area contributed by atoms with Crippen LogP contribution >= 0.6 is 0 Å². The average Bonchev–Trinajstić information content (AvgIpc) is 1.70. The minimum atomic E-state index is -1.20. The van der Waals surface area contributed by atoms with E-state index in [0.717, 1.165) is 10.5 Å². The molecule has 3 saturated heterocycles. The van der Waals surface area contributed by atoms with Crippen LogP contribution in [-0.4, -0.2) is 162 Å². The Bertz CT molecular complexity index is 2700. The van der Waals surface area contributed by atoms with Gasteiger partial charge in [0.25, 0.3) is 17.7 Å². The van der Waals surface area contributed by atoms with E-state index < -0.39 is 83.8 Å². The third-order valence-electron chi connectivity index (χ3n) is 16.0. The molecule has 1 aliphatic carbocycles. The van der Waals surface area contributed by atoms with Gasteiger partial charge in [0.05, 0.1) is 37.4 Å². The summed E-state index contributed by atoms with van der Waals surface area (Å²) in [5.74, 6) is -3.84. The summed E-state index contributed by atoms with van der Waals surface area (Å²) in [6.07, 6.45) is 11.8. The monoisotopic (exact) mass is 1200 g/mol. The molecule has 5 aliphatic rings. The van der Waals surface area contributed by atoms with Gasteiger partial charge >= 0.3 is 18.1 Å². The number of primary amides is 2. The number of epoxide rings is 1. The molecule has 0 bridgehead atoms. The molecule has 11 atom stereocenters. The number of carbonyl (C=O) groups excluding carboxylic acids is 10. The second-order valence-corrected chi connectivity index (χ2v) is 23.5. The number of ether oxygens (including phenoxy) is 5. The number of esters is 1. The Labute approximate surface area is 502 Å². The van der Waals surface area contributed by atoms with Crippen LogP contribution in [0, 0.1) is 11.8 Å². The number of allylic oxidation sites excluding steroid dienone is 2. The predicted octanol–water partition coefficient (Wildman–Crippen LogP) is 3.20. The highest BCUT2D eigenvalue weighted by Crippen LogP contribution is 2.43. The lowest BCUT2D eigenvalue weighted by atomic mass is 9.85. The summed E-state index contributed by atoms with van der Waals surface area (Å²) in [6.45, 7) is 13.0. The summed E-state index contributed by atoms with van der Waals surface area (Å²) in [6, 6.07) is 2.68. The van der Waals surface area contributed by atoms with Crippen molar-refractivity contribution in [3.8, 4) is 0 Å². The molecule has 1 saturated carbocycles. The van der Waals surface area contributed by atoms with Crippen molar-refractivity contribution in [2.75, 3.05) is 24.6 Å². The largest absolute Gasteiger partial charge is 0.459 e. The van der Waals surface area contributed by atoms with Crippen molar-refractivity contribution in [1.82, 2.24) is 31.5 Å². The average molecular weight is 1200 g/mol. The molecule has 86 heavy (non-hydrogen) atoms. The van der Waals surface area contributed by atoms with Crippen molar-refractivity contribution < 1.29 is 76.7 Å². The molecule has 6 rings (SSSR count). The summed E-state index contributed by atoms with van der Waals surface area (Å²) >= 11 is 0. The molecule has 0 aromatic heterocycles. The van der Waals surface area contributed by atoms with Crippen molar-refractivity contribution in [2.24, 2.45) is 23.3 Å². The van der Waals surface area contributed by atoms with Crippen LogP contribution in [0.2, 0.25) is 0 Å². The molecule has 10 N–H and O–H groups in total. The van der Waals surface area contributed by atoms with E-state index in [1.807, 2.05) is 19.9 Å². The van der Waals surface area contributed by atoms with E-state index in [9.17, 15) is 53.1 Å². The first kappa shape index (κ1) is 67.6. The van der Waals surface area contributed by atoms with Gasteiger partial charge in [-0.2, -0.15) is 0 Å². The van der Waals surface area contributed by atoms with Crippen molar-refractivity contribution in [1.29, 1.82) is 0 Å². The number of unbranched alkanes of at least 4 members (excludes halogenated alkanes) is 2. The summed E-state index contributed by atoms with van der Waals surface area (Å²) in [7, 11) is 0. The van der Waals surface area contributed by atoms with E-state index >= 15 is 0 Å². The third kappa shape index (κ3) is 20.3. The normalized spacial score (nSPS) is 26.4. The first-order chi connectivity index (χ1) is 40.8. The number of nitrogens with one attached hydrogen (secondary N) is 5. The van der Waals surface area contributed by atoms with E-state index in [1.165, 1.54) is 36.1 Å². The molecule has 0 unspecified atom stereocenters. The van der Waals surface area contributed by atoms with E-state index in [4.69, 9.17) is 35.2 Å². The molecule has 25 nitrogen and oxygen atoms in total. The second-order valence-electron chi connectivity index (χ2n) is 23.5. The van der Waals surface area contributed by atoms with Crippen molar-refractivity contribution in [3.63, 3.8) is 0 Å². The third-order valence-corrected chi connectivity index (χ3v) is 16.0. The first-order valence-corrected chi connectivity index (χ1v) is 29.7. The van der Waals surface area contributed by atoms with E-state index in [-0.39, 0.29) is 111 Å². The fourth-order valence-corrected chi connectivity index (χ4v) is 11.0. The molecule has 1 spiro atoms. The van der Waals surface area contributed by atoms with Gasteiger partial charge in [0, 0.05) is 68.9 Å². The Balaban J connectivity index is 0.938. The van der Waals surface area contributed by atoms with E-state index in [2.05, 4.69) is 39.6 Å². The van der Waals surface area contributed by atoms with Crippen LogP contribution in [0.4, 0.5) is 15.3 Å². The number of nitrogens with two attached hydrogens (primary N) is 2. The van der Waals surface area contributed by atoms with Crippen LogP contribution in [0.15, 0.2) is 72.4 Å². The zero-order valence-corrected chi connectivity index (χ0v) is 50.3. The molecule has 10 amide bonds. The number of nitrogens with zero attached hydrogens (tertiary/aromatic N) is 2. The molecule has 4 aliphatic heterocycles. The number of imide groups is 1. The van der Waals surface area contributed by atoms with Gasteiger partial charge in [-0.3, -0.25) is 48.2 Å². The number of urea groups is 1. The number of amides is 10. The quantitative estimate of drug-likeness (QED) is 0.0137. The zero-order chi connectivity index (χ0) is 62.8. The molecule has 25 heteroatoms. The van der Waals surface area contributed by atoms with Gasteiger partial charge in [-0.15, -0.1) is 0 Å². The van der Waals surface area contributed by atoms with Crippen LogP contribution in [-0.2, 0) is 68.6 Å². The molecule has 4 heterocycles. The van der Waals surface area contributed by atoms with Gasteiger partial charge in [-0.05, 0) is 108 Å². The van der Waals surface area contributed by atoms with E-state index in [1.54, 1.807) is 51.1 Å². The lowest BCUT2D eigenvalue weighted by molar-refractivity contribution is -0.146. The number of rotatable bonds is 30. The van der Waals surface area contributed by atoms with Gasteiger partial charge in [-0.1, -0.05) is 63.1 Å². The highest BCUT2D eigenvalue weighted by molar-refractivity contribution is 6.12. The summed E-state index contributed by atoms with van der Waals surface area (Å²) in [5, 5.41) is 25.3. The van der Waals surface area contributed by atoms with Crippen LogP contribution in [0.1, 0.15) is 131 Å². The molecular formula is C61H87N9O16. The van der Waals surface area contributed by atoms with Gasteiger partial charge < -0.3 is 66.8 Å². The maximum absolute atomic E-state index is 14.5. The van der Waals surface area contributed by atoms with E-state index in [0.29, 0.717) is 63.5 Å². The molecule has 472 valence electrons. The number of carbonyl (C=O) groups is 10. The van der Waals surface area contributed by atoms with Crippen molar-refractivity contribution in [2.45, 2.75) is 205 Å². The molecule has 1 aromatic carbocycles. The number of benzene rings is 1. The Hall–Kier alpha value is -7.48. The molecule has 1 aromatic rings. The summed E-state index contributed by atoms with van der Waals surface area (Å²) in [4.78, 5) is 128. The maximum atomic E-state index is 14.5. The lowest BCUT2D eigenvalue weighted by Gasteiger charge is -2.39. The lowest BCUT2D eigenvalue weighted by Crippen LogP contribution is -2.57. The second kappa shape index (κ2) is 31.8. The summed E-state index contributed by atoms with van der Waals surface area (Å²) < 4.78 is 28.9.